The molecule has 7 heteroatoms. The second kappa shape index (κ2) is 8.47. The van der Waals surface area contributed by atoms with Gasteiger partial charge in [0.2, 0.25) is 5.91 Å². The van der Waals surface area contributed by atoms with Crippen molar-refractivity contribution in [3.8, 4) is 16.9 Å². The van der Waals surface area contributed by atoms with Crippen LogP contribution in [0, 0.1) is 12.7 Å². The van der Waals surface area contributed by atoms with Gasteiger partial charge in [-0.05, 0) is 38.1 Å². The van der Waals surface area contributed by atoms with Gasteiger partial charge in [-0.1, -0.05) is 29.8 Å². The highest BCUT2D eigenvalue weighted by Gasteiger charge is 2.19. The van der Waals surface area contributed by atoms with Gasteiger partial charge in [-0.15, -0.1) is 0 Å². The van der Waals surface area contributed by atoms with Gasteiger partial charge in [0.05, 0.1) is 17.8 Å². The Balaban J connectivity index is 1.96. The lowest BCUT2D eigenvalue weighted by Crippen LogP contribution is -2.36. The molecule has 0 saturated heterocycles. The third kappa shape index (κ3) is 4.43. The minimum atomic E-state index is -0.407. The van der Waals surface area contributed by atoms with Gasteiger partial charge < -0.3 is 10.6 Å². The average Bonchev–Trinajstić information content (AvgIpc) is 3.13. The molecule has 3 aromatic rings. The maximum absolute atomic E-state index is 13.2. The summed E-state index contributed by atoms with van der Waals surface area (Å²) in [5.74, 6) is -1.02. The molecule has 0 aliphatic heterocycles. The number of benzene rings is 2. The molecular formula is C21H21FN4O2. The van der Waals surface area contributed by atoms with Crippen molar-refractivity contribution >= 4 is 11.8 Å². The monoisotopic (exact) mass is 380 g/mol. The predicted molar refractivity (Wildman–Crippen MR) is 105 cm³/mol. The summed E-state index contributed by atoms with van der Waals surface area (Å²) in [7, 11) is 0. The SMILES string of the molecule is CCNC(=O)CNC(=O)c1cn(-c2ccc(F)cc2)nc1-c1ccc(C)cc1. The molecule has 0 aliphatic carbocycles. The van der Waals surface area contributed by atoms with Crippen LogP contribution < -0.4 is 10.6 Å². The number of hydrogen-bond acceptors (Lipinski definition) is 3. The lowest BCUT2D eigenvalue weighted by Gasteiger charge is -2.06. The van der Waals surface area contributed by atoms with Gasteiger partial charge in [0.25, 0.3) is 5.91 Å². The maximum Gasteiger partial charge on any atom is 0.255 e. The molecule has 0 saturated carbocycles. The molecule has 1 aromatic heterocycles. The summed E-state index contributed by atoms with van der Waals surface area (Å²) >= 11 is 0. The number of aromatic nitrogens is 2. The van der Waals surface area contributed by atoms with Crippen molar-refractivity contribution in [2.45, 2.75) is 13.8 Å². The molecule has 0 radical (unpaired) electrons. The number of likely N-dealkylation sites (N-methyl/N-ethyl adjacent to an activating group) is 1. The lowest BCUT2D eigenvalue weighted by atomic mass is 10.1. The van der Waals surface area contributed by atoms with Crippen LogP contribution >= 0.6 is 0 Å². The fourth-order valence-electron chi connectivity index (χ4n) is 2.71. The Labute approximate surface area is 162 Å². The first-order chi connectivity index (χ1) is 13.5. The van der Waals surface area contributed by atoms with E-state index in [9.17, 15) is 14.0 Å². The van der Waals surface area contributed by atoms with Crippen molar-refractivity contribution in [2.24, 2.45) is 0 Å². The van der Waals surface area contributed by atoms with Crippen molar-refractivity contribution in [2.75, 3.05) is 13.1 Å². The van der Waals surface area contributed by atoms with E-state index in [1.54, 1.807) is 18.3 Å². The first kappa shape index (κ1) is 19.3. The van der Waals surface area contributed by atoms with Crippen molar-refractivity contribution in [3.05, 3.63) is 71.7 Å². The minimum absolute atomic E-state index is 0.123. The fraction of sp³-hybridized carbons (Fsp3) is 0.190. The number of hydrogen-bond donors (Lipinski definition) is 2. The molecule has 2 aromatic carbocycles. The molecular weight excluding hydrogens is 359 g/mol. The van der Waals surface area contributed by atoms with Gasteiger partial charge in [0, 0.05) is 18.3 Å². The Morgan fingerprint density at radius 1 is 1.04 bits per heavy atom. The molecule has 1 heterocycles. The second-order valence-electron chi connectivity index (χ2n) is 6.31. The van der Waals surface area contributed by atoms with Crippen molar-refractivity contribution in [3.63, 3.8) is 0 Å². The van der Waals surface area contributed by atoms with Crippen LogP contribution in [0.15, 0.2) is 54.7 Å². The molecule has 6 nitrogen and oxygen atoms in total. The van der Waals surface area contributed by atoms with Gasteiger partial charge in [-0.3, -0.25) is 9.59 Å². The molecule has 2 amide bonds. The van der Waals surface area contributed by atoms with E-state index in [-0.39, 0.29) is 18.3 Å². The van der Waals surface area contributed by atoms with E-state index >= 15 is 0 Å². The minimum Gasteiger partial charge on any atom is -0.355 e. The average molecular weight is 380 g/mol. The normalized spacial score (nSPS) is 10.5. The summed E-state index contributed by atoms with van der Waals surface area (Å²) < 4.78 is 14.7. The number of nitrogens with zero attached hydrogens (tertiary/aromatic N) is 2. The number of halogens is 1. The topological polar surface area (TPSA) is 76.0 Å². The maximum atomic E-state index is 13.2. The summed E-state index contributed by atoms with van der Waals surface area (Å²) in [6, 6.07) is 13.5. The molecule has 0 spiro atoms. The van der Waals surface area contributed by atoms with Crippen LogP contribution in [0.3, 0.4) is 0 Å². The van der Waals surface area contributed by atoms with Gasteiger partial charge >= 0.3 is 0 Å². The fourth-order valence-corrected chi connectivity index (χ4v) is 2.71. The van der Waals surface area contributed by atoms with Crippen LogP contribution in [0.1, 0.15) is 22.8 Å². The number of amides is 2. The standard InChI is InChI=1S/C21H21FN4O2/c1-3-23-19(27)12-24-21(28)18-13-26(17-10-8-16(22)9-11-17)25-20(18)15-6-4-14(2)5-7-15/h4-11,13H,3,12H2,1-2H3,(H,23,27)(H,24,28). The van der Waals surface area contributed by atoms with Crippen LogP contribution in [0.5, 0.6) is 0 Å². The molecule has 28 heavy (non-hydrogen) atoms. The van der Waals surface area contributed by atoms with E-state index in [4.69, 9.17) is 0 Å². The number of carbonyl (C=O) groups is 2. The number of carbonyl (C=O) groups excluding carboxylic acids is 2. The first-order valence-corrected chi connectivity index (χ1v) is 8.95. The second-order valence-corrected chi connectivity index (χ2v) is 6.31. The quantitative estimate of drug-likeness (QED) is 0.690. The molecule has 0 atom stereocenters. The Bertz CT molecular complexity index is 979. The molecule has 144 valence electrons. The van der Waals surface area contributed by atoms with Crippen molar-refractivity contribution in [1.82, 2.24) is 20.4 Å². The van der Waals surface area contributed by atoms with E-state index in [1.165, 1.54) is 16.8 Å². The highest BCUT2D eigenvalue weighted by atomic mass is 19.1. The molecule has 0 aliphatic rings. The number of nitrogens with one attached hydrogen (secondary N) is 2. The summed E-state index contributed by atoms with van der Waals surface area (Å²) in [4.78, 5) is 24.4. The Hall–Kier alpha value is -3.48. The smallest absolute Gasteiger partial charge is 0.255 e. The Kier molecular flexibility index (Phi) is 5.84. The summed E-state index contributed by atoms with van der Waals surface area (Å²) in [5.41, 5.74) is 3.30. The van der Waals surface area contributed by atoms with E-state index in [0.717, 1.165) is 11.1 Å². The van der Waals surface area contributed by atoms with E-state index in [2.05, 4.69) is 15.7 Å². The molecule has 0 bridgehead atoms. The zero-order valence-electron chi connectivity index (χ0n) is 15.7. The third-order valence-corrected chi connectivity index (χ3v) is 4.16. The third-order valence-electron chi connectivity index (χ3n) is 4.16. The van der Waals surface area contributed by atoms with Gasteiger partial charge in [0.15, 0.2) is 0 Å². The lowest BCUT2D eigenvalue weighted by molar-refractivity contribution is -0.120. The van der Waals surface area contributed by atoms with Crippen LogP contribution in [-0.2, 0) is 4.79 Å². The van der Waals surface area contributed by atoms with Crippen LogP contribution in [0.4, 0.5) is 4.39 Å². The van der Waals surface area contributed by atoms with E-state index in [0.29, 0.717) is 23.5 Å². The summed E-state index contributed by atoms with van der Waals surface area (Å²) in [5, 5.41) is 9.77. The Morgan fingerprint density at radius 2 is 1.71 bits per heavy atom. The highest BCUT2D eigenvalue weighted by molar-refractivity contribution is 6.01. The Morgan fingerprint density at radius 3 is 2.36 bits per heavy atom. The zero-order valence-corrected chi connectivity index (χ0v) is 15.7. The molecule has 2 N–H and O–H groups in total. The van der Waals surface area contributed by atoms with Crippen LogP contribution in [0.2, 0.25) is 0 Å². The predicted octanol–water partition coefficient (Wildman–Crippen LogP) is 2.85. The molecule has 0 unspecified atom stereocenters. The molecule has 3 rings (SSSR count). The van der Waals surface area contributed by atoms with Crippen LogP contribution in [-0.4, -0.2) is 34.7 Å². The zero-order chi connectivity index (χ0) is 20.1. The highest BCUT2D eigenvalue weighted by Crippen LogP contribution is 2.24. The number of rotatable bonds is 6. The largest absolute Gasteiger partial charge is 0.355 e. The summed E-state index contributed by atoms with van der Waals surface area (Å²) in [6.45, 7) is 4.15. The van der Waals surface area contributed by atoms with E-state index in [1.807, 2.05) is 38.1 Å². The van der Waals surface area contributed by atoms with Gasteiger partial charge in [0.1, 0.15) is 11.5 Å². The van der Waals surface area contributed by atoms with Crippen LogP contribution in [0.25, 0.3) is 16.9 Å². The van der Waals surface area contributed by atoms with Crippen molar-refractivity contribution < 1.29 is 14.0 Å². The van der Waals surface area contributed by atoms with Crippen molar-refractivity contribution in [1.29, 1.82) is 0 Å². The van der Waals surface area contributed by atoms with Gasteiger partial charge in [-0.2, -0.15) is 5.10 Å². The van der Waals surface area contributed by atoms with Gasteiger partial charge in [-0.25, -0.2) is 9.07 Å². The molecule has 0 fully saturated rings. The first-order valence-electron chi connectivity index (χ1n) is 8.95. The summed E-state index contributed by atoms with van der Waals surface area (Å²) in [6.07, 6.45) is 1.58. The number of aryl methyl sites for hydroxylation is 1. The van der Waals surface area contributed by atoms with E-state index < -0.39 is 5.91 Å².